The maximum atomic E-state index is 13.1. The summed E-state index contributed by atoms with van der Waals surface area (Å²) in [5.74, 6) is -1.18. The van der Waals surface area contributed by atoms with Gasteiger partial charge in [0, 0.05) is 44.9 Å². The minimum Gasteiger partial charge on any atom is -0.457 e. The van der Waals surface area contributed by atoms with Gasteiger partial charge in [-0.25, -0.2) is 4.79 Å². The second-order valence-electron chi connectivity index (χ2n) is 10.2. The molecule has 10 nitrogen and oxygen atoms in total. The molecule has 0 aromatic rings. The fourth-order valence-corrected chi connectivity index (χ4v) is 3.78. The second kappa shape index (κ2) is 16.1. The number of likely N-dealkylation sites (N-methyl/N-ethyl adjacent to an activating group) is 1. The van der Waals surface area contributed by atoms with E-state index in [9.17, 15) is 14.4 Å². The normalized spacial score (nSPS) is 20.4. The Labute approximate surface area is 226 Å². The molecule has 38 heavy (non-hydrogen) atoms. The van der Waals surface area contributed by atoms with Crippen LogP contribution in [-0.4, -0.2) is 98.7 Å². The van der Waals surface area contributed by atoms with Crippen molar-refractivity contribution in [3.63, 3.8) is 0 Å². The van der Waals surface area contributed by atoms with Crippen LogP contribution in [0.1, 0.15) is 54.4 Å². The van der Waals surface area contributed by atoms with Crippen molar-refractivity contribution >= 4 is 24.6 Å². The zero-order valence-corrected chi connectivity index (χ0v) is 23.9. The number of carbonyl (C=O) groups excluding carboxylic acids is 4. The van der Waals surface area contributed by atoms with E-state index in [0.29, 0.717) is 39.3 Å². The van der Waals surface area contributed by atoms with E-state index in [4.69, 9.17) is 23.7 Å². The molecule has 1 aliphatic carbocycles. The van der Waals surface area contributed by atoms with Gasteiger partial charge in [-0.1, -0.05) is 17.7 Å². The van der Waals surface area contributed by atoms with Gasteiger partial charge in [0.05, 0.1) is 19.8 Å². The largest absolute Gasteiger partial charge is 0.457 e. The molecule has 2 aliphatic rings. The van der Waals surface area contributed by atoms with Crippen LogP contribution in [0.2, 0.25) is 0 Å². The number of esters is 2. The Morgan fingerprint density at radius 1 is 1.13 bits per heavy atom. The topological polar surface area (TPSA) is 112 Å². The highest BCUT2D eigenvalue weighted by molar-refractivity contribution is 5.94. The fraction of sp³-hybridized carbons (Fsp3) is 0.643. The van der Waals surface area contributed by atoms with E-state index in [1.165, 1.54) is 12.5 Å². The van der Waals surface area contributed by atoms with E-state index < -0.39 is 29.7 Å². The molecule has 1 unspecified atom stereocenters. The number of nitrogens with zero attached hydrogens (tertiary/aromatic N) is 2. The smallest absolute Gasteiger partial charge is 0.350 e. The molecule has 0 bridgehead atoms. The van der Waals surface area contributed by atoms with E-state index in [0.717, 1.165) is 17.7 Å². The molecule has 0 spiro atoms. The summed E-state index contributed by atoms with van der Waals surface area (Å²) in [5, 5.41) is 0. The molecule has 1 saturated heterocycles. The Kier molecular flexibility index (Phi) is 14.0. The Hall–Kier alpha value is -2.98. The number of allylic oxidation sites excluding steroid dienone is 4. The number of ether oxygens (including phenoxy) is 4. The monoisotopic (exact) mass is 536 g/mol. The fourth-order valence-electron chi connectivity index (χ4n) is 3.78. The van der Waals surface area contributed by atoms with E-state index in [2.05, 4.69) is 19.1 Å². The second-order valence-corrected chi connectivity index (χ2v) is 10.2. The molecule has 1 aliphatic heterocycles. The van der Waals surface area contributed by atoms with Crippen molar-refractivity contribution in [3.05, 3.63) is 35.1 Å². The highest BCUT2D eigenvalue weighted by atomic mass is 16.6. The summed E-state index contributed by atoms with van der Waals surface area (Å²) in [6.45, 7) is 15.4. The van der Waals surface area contributed by atoms with Gasteiger partial charge in [-0.3, -0.25) is 9.59 Å². The predicted octanol–water partition coefficient (Wildman–Crippen LogP) is 2.82. The minimum absolute atomic E-state index is 0.0370. The molecule has 0 aromatic carbocycles. The Morgan fingerprint density at radius 2 is 1.76 bits per heavy atom. The summed E-state index contributed by atoms with van der Waals surface area (Å²) in [7, 11) is 1.94. The summed E-state index contributed by atoms with van der Waals surface area (Å²) < 4.78 is 21.9. The van der Waals surface area contributed by atoms with Gasteiger partial charge in [-0.15, -0.1) is 0 Å². The lowest BCUT2D eigenvalue weighted by molar-refractivity contribution is -0.184. The lowest BCUT2D eigenvalue weighted by Gasteiger charge is -2.29. The summed E-state index contributed by atoms with van der Waals surface area (Å²) in [4.78, 5) is 49.1. The quantitative estimate of drug-likeness (QED) is 0.324. The van der Waals surface area contributed by atoms with Gasteiger partial charge < -0.3 is 33.5 Å². The zero-order chi connectivity index (χ0) is 28.9. The summed E-state index contributed by atoms with van der Waals surface area (Å²) in [6, 6.07) is 0. The van der Waals surface area contributed by atoms with Crippen molar-refractivity contribution in [3.8, 4) is 0 Å². The SMILES string of the molecule is C=O.CC(=O)O[C@@H](C(=O)OC(C)(C)C)C(C)OCCN(C)C1=C/CC(C)=CC/C(C(=O)N2CCOCC2)=C\1. The highest BCUT2D eigenvalue weighted by Crippen LogP contribution is 2.21. The number of carbonyl (C=O) groups is 4. The zero-order valence-electron chi connectivity index (χ0n) is 23.9. The first-order chi connectivity index (χ1) is 17.9. The molecule has 0 saturated carbocycles. The van der Waals surface area contributed by atoms with Crippen LogP contribution in [0.4, 0.5) is 0 Å². The molecular formula is C28H44N2O8. The van der Waals surface area contributed by atoms with Crippen molar-refractivity contribution in [2.75, 3.05) is 46.5 Å². The molecule has 1 amide bonds. The van der Waals surface area contributed by atoms with Crippen LogP contribution in [0.3, 0.4) is 0 Å². The molecule has 0 N–H and O–H groups in total. The van der Waals surface area contributed by atoms with Crippen LogP contribution in [0.5, 0.6) is 0 Å². The Balaban J connectivity index is 0.00000352. The van der Waals surface area contributed by atoms with Gasteiger partial charge in [0.1, 0.15) is 18.5 Å². The standard InChI is InChI=1S/C27H42N2O7.CH2O/c1-19-8-10-22(25(31)29-13-15-33-16-14-29)18-23(11-9-19)28(7)12-17-34-20(2)24(35-21(3)30)26(32)36-27(4,5)6;1-2/h8,11,18,20,24H,9-10,12-17H2,1-7H3;1H2/b19-8?,22-18+,23-11+;/t20?,24-;/m1./s1. The third-order valence-electron chi connectivity index (χ3n) is 5.81. The van der Waals surface area contributed by atoms with Gasteiger partial charge in [-0.05, 0) is 53.5 Å². The van der Waals surface area contributed by atoms with E-state index in [1.54, 1.807) is 27.7 Å². The number of rotatable bonds is 9. The molecule has 0 radical (unpaired) electrons. The molecule has 1 heterocycles. The van der Waals surface area contributed by atoms with Crippen molar-refractivity contribution in [2.24, 2.45) is 0 Å². The van der Waals surface area contributed by atoms with Crippen LogP contribution in [0.15, 0.2) is 35.1 Å². The maximum Gasteiger partial charge on any atom is 0.350 e. The first-order valence-corrected chi connectivity index (χ1v) is 12.8. The van der Waals surface area contributed by atoms with Crippen molar-refractivity contribution in [1.82, 2.24) is 9.80 Å². The average molecular weight is 537 g/mol. The molecular weight excluding hydrogens is 492 g/mol. The van der Waals surface area contributed by atoms with Crippen LogP contribution in [-0.2, 0) is 38.1 Å². The summed E-state index contributed by atoms with van der Waals surface area (Å²) in [5.41, 5.74) is 2.16. The molecule has 2 atom stereocenters. The van der Waals surface area contributed by atoms with Crippen LogP contribution in [0, 0.1) is 0 Å². The number of hydrogen-bond acceptors (Lipinski definition) is 9. The van der Waals surface area contributed by atoms with Crippen LogP contribution < -0.4 is 0 Å². The molecule has 10 heteroatoms. The molecule has 2 rings (SSSR count). The van der Waals surface area contributed by atoms with Crippen LogP contribution in [0.25, 0.3) is 0 Å². The molecule has 0 aromatic heterocycles. The summed E-state index contributed by atoms with van der Waals surface area (Å²) in [6.07, 6.45) is 5.69. The lowest BCUT2D eigenvalue weighted by atomic mass is 10.0. The number of hydrogen-bond donors (Lipinski definition) is 0. The van der Waals surface area contributed by atoms with E-state index >= 15 is 0 Å². The van der Waals surface area contributed by atoms with Crippen molar-refractivity contribution < 1.29 is 38.1 Å². The van der Waals surface area contributed by atoms with Crippen LogP contribution >= 0.6 is 0 Å². The van der Waals surface area contributed by atoms with Crippen molar-refractivity contribution in [1.29, 1.82) is 0 Å². The summed E-state index contributed by atoms with van der Waals surface area (Å²) >= 11 is 0. The van der Waals surface area contributed by atoms with Gasteiger partial charge >= 0.3 is 11.9 Å². The predicted molar refractivity (Wildman–Crippen MR) is 143 cm³/mol. The van der Waals surface area contributed by atoms with Crippen molar-refractivity contribution in [2.45, 2.75) is 72.2 Å². The van der Waals surface area contributed by atoms with E-state index in [-0.39, 0.29) is 12.5 Å². The third-order valence-corrected chi connectivity index (χ3v) is 5.81. The minimum atomic E-state index is -1.15. The van der Waals surface area contributed by atoms with Gasteiger partial charge in [0.15, 0.2) is 0 Å². The molecule has 214 valence electrons. The van der Waals surface area contributed by atoms with E-state index in [1.807, 2.05) is 29.7 Å². The molecule has 1 fully saturated rings. The third kappa shape index (κ3) is 11.6. The van der Waals surface area contributed by atoms with Gasteiger partial charge in [0.25, 0.3) is 0 Å². The number of morpholine rings is 1. The highest BCUT2D eigenvalue weighted by Gasteiger charge is 2.33. The lowest BCUT2D eigenvalue weighted by Crippen LogP contribution is -2.42. The average Bonchev–Trinajstić information content (AvgIpc) is 2.85. The van der Waals surface area contributed by atoms with Gasteiger partial charge in [0.2, 0.25) is 12.0 Å². The first kappa shape index (κ1) is 33.0. The first-order valence-electron chi connectivity index (χ1n) is 12.8. The number of amides is 1. The Morgan fingerprint density at radius 3 is 2.34 bits per heavy atom. The van der Waals surface area contributed by atoms with Gasteiger partial charge in [-0.2, -0.15) is 0 Å². The maximum absolute atomic E-state index is 13.1. The Bertz CT molecular complexity index is 897.